The van der Waals surface area contributed by atoms with Crippen molar-refractivity contribution in [3.63, 3.8) is 0 Å². The van der Waals surface area contributed by atoms with E-state index in [1.807, 2.05) is 4.57 Å². The summed E-state index contributed by atoms with van der Waals surface area (Å²) >= 11 is 0. The summed E-state index contributed by atoms with van der Waals surface area (Å²) in [5.74, 6) is 1.49. The minimum atomic E-state index is -0.467. The molecule has 1 heterocycles. The molecule has 0 amide bonds. The molecule has 0 unspecified atom stereocenters. The van der Waals surface area contributed by atoms with Crippen LogP contribution in [0.4, 0.5) is 5.82 Å². The summed E-state index contributed by atoms with van der Waals surface area (Å²) in [7, 11) is 1.34. The first-order valence-corrected chi connectivity index (χ1v) is 7.04. The van der Waals surface area contributed by atoms with Crippen LogP contribution in [-0.2, 0) is 11.3 Å². The lowest BCUT2D eigenvalue weighted by Crippen LogP contribution is -2.19. The number of nitrogens with zero attached hydrogens (tertiary/aromatic N) is 2. The van der Waals surface area contributed by atoms with Crippen LogP contribution in [0.2, 0.25) is 0 Å². The monoisotopic (exact) mass is 265 g/mol. The SMILES string of the molecule is CCC1CCC(Cn2cnc(C(=O)OC)c2N)CC1. The fourth-order valence-electron chi connectivity index (χ4n) is 2.89. The van der Waals surface area contributed by atoms with E-state index in [4.69, 9.17) is 5.73 Å². The summed E-state index contributed by atoms with van der Waals surface area (Å²) in [5.41, 5.74) is 6.18. The summed E-state index contributed by atoms with van der Waals surface area (Å²) in [6, 6.07) is 0. The van der Waals surface area contributed by atoms with Crippen LogP contribution >= 0.6 is 0 Å². The van der Waals surface area contributed by atoms with Gasteiger partial charge in [0.05, 0.1) is 13.4 Å². The molecule has 5 heteroatoms. The van der Waals surface area contributed by atoms with Gasteiger partial charge in [-0.3, -0.25) is 0 Å². The Balaban J connectivity index is 1.97. The summed E-state index contributed by atoms with van der Waals surface area (Å²) in [6.45, 7) is 3.12. The molecule has 0 saturated heterocycles. The van der Waals surface area contributed by atoms with E-state index in [9.17, 15) is 4.79 Å². The predicted molar refractivity (Wildman–Crippen MR) is 73.7 cm³/mol. The normalized spacial score (nSPS) is 23.3. The maximum atomic E-state index is 11.4. The van der Waals surface area contributed by atoms with Gasteiger partial charge in [-0.1, -0.05) is 26.2 Å². The molecule has 0 radical (unpaired) electrons. The largest absolute Gasteiger partial charge is 0.464 e. The van der Waals surface area contributed by atoms with Crippen molar-refractivity contribution in [3.05, 3.63) is 12.0 Å². The van der Waals surface area contributed by atoms with Crippen molar-refractivity contribution in [1.82, 2.24) is 9.55 Å². The molecule has 1 aliphatic carbocycles. The molecule has 1 aromatic rings. The molecule has 0 aromatic carbocycles. The van der Waals surface area contributed by atoms with Crippen LogP contribution in [0.1, 0.15) is 49.5 Å². The van der Waals surface area contributed by atoms with Crippen LogP contribution in [0.15, 0.2) is 6.33 Å². The molecule has 1 saturated carbocycles. The van der Waals surface area contributed by atoms with Crippen molar-refractivity contribution in [2.24, 2.45) is 11.8 Å². The Bertz CT molecular complexity index is 434. The molecule has 1 aromatic heterocycles. The predicted octanol–water partition coefficient (Wildman–Crippen LogP) is 2.47. The lowest BCUT2D eigenvalue weighted by molar-refractivity contribution is 0.0596. The maximum Gasteiger partial charge on any atom is 0.360 e. The molecule has 1 aliphatic rings. The minimum absolute atomic E-state index is 0.227. The minimum Gasteiger partial charge on any atom is -0.464 e. The number of methoxy groups -OCH3 is 1. The molecular weight excluding hydrogens is 242 g/mol. The van der Waals surface area contributed by atoms with Crippen LogP contribution < -0.4 is 5.73 Å². The van der Waals surface area contributed by atoms with Crippen molar-refractivity contribution in [2.75, 3.05) is 12.8 Å². The Kier molecular flexibility index (Phi) is 4.45. The molecule has 0 aliphatic heterocycles. The van der Waals surface area contributed by atoms with Crippen LogP contribution in [0.3, 0.4) is 0 Å². The van der Waals surface area contributed by atoms with E-state index in [0.717, 1.165) is 12.5 Å². The van der Waals surface area contributed by atoms with Gasteiger partial charge in [-0.05, 0) is 24.7 Å². The van der Waals surface area contributed by atoms with E-state index in [1.165, 1.54) is 39.2 Å². The average molecular weight is 265 g/mol. The number of ether oxygens (including phenoxy) is 1. The fourth-order valence-corrected chi connectivity index (χ4v) is 2.89. The average Bonchev–Trinajstić information content (AvgIpc) is 2.80. The van der Waals surface area contributed by atoms with Gasteiger partial charge < -0.3 is 15.0 Å². The van der Waals surface area contributed by atoms with E-state index in [0.29, 0.717) is 11.7 Å². The third-order valence-electron chi connectivity index (χ3n) is 4.26. The lowest BCUT2D eigenvalue weighted by Gasteiger charge is -2.28. The van der Waals surface area contributed by atoms with Crippen LogP contribution in [0.5, 0.6) is 0 Å². The van der Waals surface area contributed by atoms with Crippen LogP contribution in [0.25, 0.3) is 0 Å². The number of nitrogens with two attached hydrogens (primary N) is 1. The van der Waals surface area contributed by atoms with Gasteiger partial charge >= 0.3 is 5.97 Å². The Morgan fingerprint density at radius 2 is 2.05 bits per heavy atom. The number of esters is 1. The van der Waals surface area contributed by atoms with E-state index in [2.05, 4.69) is 16.6 Å². The number of carbonyl (C=O) groups is 1. The highest BCUT2D eigenvalue weighted by molar-refractivity contribution is 5.91. The Morgan fingerprint density at radius 3 is 2.63 bits per heavy atom. The standard InChI is InChI=1S/C14H23N3O2/c1-3-10-4-6-11(7-5-10)8-17-9-16-12(13(17)15)14(18)19-2/h9-11H,3-8,15H2,1-2H3. The zero-order chi connectivity index (χ0) is 13.8. The van der Waals surface area contributed by atoms with Gasteiger partial charge in [-0.2, -0.15) is 0 Å². The number of carbonyl (C=O) groups excluding carboxylic acids is 1. The third-order valence-corrected chi connectivity index (χ3v) is 4.26. The lowest BCUT2D eigenvalue weighted by atomic mass is 9.81. The summed E-state index contributed by atoms with van der Waals surface area (Å²) < 4.78 is 6.53. The number of rotatable bonds is 4. The first-order chi connectivity index (χ1) is 9.15. The smallest absolute Gasteiger partial charge is 0.360 e. The fraction of sp³-hybridized carbons (Fsp3) is 0.714. The van der Waals surface area contributed by atoms with Gasteiger partial charge in [0.1, 0.15) is 5.82 Å². The van der Waals surface area contributed by atoms with Crippen molar-refractivity contribution < 1.29 is 9.53 Å². The molecular formula is C14H23N3O2. The first kappa shape index (κ1) is 13.9. The number of nitrogen functional groups attached to an aromatic ring is 1. The zero-order valence-corrected chi connectivity index (χ0v) is 11.8. The van der Waals surface area contributed by atoms with Crippen molar-refractivity contribution in [3.8, 4) is 0 Å². The third kappa shape index (κ3) is 3.08. The highest BCUT2D eigenvalue weighted by Gasteiger charge is 2.22. The van der Waals surface area contributed by atoms with Crippen molar-refractivity contribution in [1.29, 1.82) is 0 Å². The van der Waals surface area contributed by atoms with Crippen LogP contribution in [-0.4, -0.2) is 22.6 Å². The zero-order valence-electron chi connectivity index (χ0n) is 11.8. The molecule has 2 N–H and O–H groups in total. The highest BCUT2D eigenvalue weighted by atomic mass is 16.5. The molecule has 1 fully saturated rings. The summed E-state index contributed by atoms with van der Waals surface area (Å²) in [6.07, 6.45) is 8.02. The second-order valence-electron chi connectivity index (χ2n) is 5.42. The number of hydrogen-bond acceptors (Lipinski definition) is 4. The van der Waals surface area contributed by atoms with Gasteiger partial charge in [-0.25, -0.2) is 9.78 Å². The number of imidazole rings is 1. The van der Waals surface area contributed by atoms with E-state index in [-0.39, 0.29) is 5.69 Å². The first-order valence-electron chi connectivity index (χ1n) is 7.04. The van der Waals surface area contributed by atoms with Gasteiger partial charge in [-0.15, -0.1) is 0 Å². The highest BCUT2D eigenvalue weighted by Crippen LogP contribution is 2.32. The number of anilines is 1. The topological polar surface area (TPSA) is 70.1 Å². The molecule has 19 heavy (non-hydrogen) atoms. The van der Waals surface area contributed by atoms with Gasteiger partial charge in [0.25, 0.3) is 0 Å². The van der Waals surface area contributed by atoms with Gasteiger partial charge in [0, 0.05) is 6.54 Å². The molecule has 5 nitrogen and oxygen atoms in total. The van der Waals surface area contributed by atoms with Crippen molar-refractivity contribution >= 4 is 11.8 Å². The van der Waals surface area contributed by atoms with Gasteiger partial charge in [0.2, 0.25) is 0 Å². The molecule has 0 atom stereocenters. The Labute approximate surface area is 114 Å². The summed E-state index contributed by atoms with van der Waals surface area (Å²) in [5, 5.41) is 0. The summed E-state index contributed by atoms with van der Waals surface area (Å²) in [4.78, 5) is 15.5. The quantitative estimate of drug-likeness (QED) is 0.849. The maximum absolute atomic E-state index is 11.4. The molecule has 106 valence electrons. The van der Waals surface area contributed by atoms with Crippen LogP contribution in [0, 0.1) is 11.8 Å². The van der Waals surface area contributed by atoms with E-state index in [1.54, 1.807) is 6.33 Å². The van der Waals surface area contributed by atoms with Gasteiger partial charge in [0.15, 0.2) is 5.69 Å². The molecule has 2 rings (SSSR count). The second-order valence-corrected chi connectivity index (χ2v) is 5.42. The molecule has 0 bridgehead atoms. The molecule has 0 spiro atoms. The van der Waals surface area contributed by atoms with E-state index < -0.39 is 5.97 Å². The number of aromatic nitrogens is 2. The second kappa shape index (κ2) is 6.08. The van der Waals surface area contributed by atoms with Crippen molar-refractivity contribution in [2.45, 2.75) is 45.6 Å². The Morgan fingerprint density at radius 1 is 1.42 bits per heavy atom. The Hall–Kier alpha value is -1.52. The van der Waals surface area contributed by atoms with E-state index >= 15 is 0 Å². The number of hydrogen-bond donors (Lipinski definition) is 1.